The summed E-state index contributed by atoms with van der Waals surface area (Å²) in [6, 6.07) is 4.10. The summed E-state index contributed by atoms with van der Waals surface area (Å²) in [6.07, 6.45) is -4.18. The lowest BCUT2D eigenvalue weighted by Crippen LogP contribution is -2.35. The van der Waals surface area contributed by atoms with Gasteiger partial charge in [0.25, 0.3) is 0 Å². The van der Waals surface area contributed by atoms with Gasteiger partial charge in [-0.3, -0.25) is 0 Å². The van der Waals surface area contributed by atoms with Gasteiger partial charge < -0.3 is 4.74 Å². The summed E-state index contributed by atoms with van der Waals surface area (Å²) in [4.78, 5) is 11.5. The Labute approximate surface area is 101 Å². The molecular formula is C11H9F3N2O2. The molecule has 1 amide bonds. The zero-order valence-corrected chi connectivity index (χ0v) is 9.31. The van der Waals surface area contributed by atoms with Crippen LogP contribution in [0.1, 0.15) is 12.5 Å². The molecule has 1 aromatic rings. The van der Waals surface area contributed by atoms with E-state index in [1.54, 1.807) is 6.92 Å². The second-order valence-electron chi connectivity index (χ2n) is 3.71. The molecule has 96 valence electrons. The van der Waals surface area contributed by atoms with Crippen LogP contribution in [0.5, 0.6) is 0 Å². The number of rotatable bonds is 1. The molecule has 18 heavy (non-hydrogen) atoms. The zero-order chi connectivity index (χ0) is 13.3. The summed E-state index contributed by atoms with van der Waals surface area (Å²) in [5.74, 6) is 0. The Morgan fingerprint density at radius 1 is 1.28 bits per heavy atom. The molecule has 0 N–H and O–H groups in total. The van der Waals surface area contributed by atoms with Gasteiger partial charge in [-0.05, 0) is 31.2 Å². The number of carbonyl (C=O) groups excluding carboxylic acids is 1. The van der Waals surface area contributed by atoms with Crippen LogP contribution < -0.4 is 5.01 Å². The average molecular weight is 258 g/mol. The fraction of sp³-hybridized carbons (Fsp3) is 0.273. The van der Waals surface area contributed by atoms with Gasteiger partial charge in [0.1, 0.15) is 6.10 Å². The summed E-state index contributed by atoms with van der Waals surface area (Å²) >= 11 is 0. The topological polar surface area (TPSA) is 41.9 Å². The quantitative estimate of drug-likeness (QED) is 0.776. The van der Waals surface area contributed by atoms with Crippen molar-refractivity contribution in [3.05, 3.63) is 29.8 Å². The molecule has 0 saturated heterocycles. The summed E-state index contributed by atoms with van der Waals surface area (Å²) in [5.41, 5.74) is -0.565. The van der Waals surface area contributed by atoms with Gasteiger partial charge in [-0.25, -0.2) is 4.79 Å². The molecule has 1 aromatic carbocycles. The van der Waals surface area contributed by atoms with Crippen molar-refractivity contribution in [2.24, 2.45) is 5.10 Å². The fourth-order valence-electron chi connectivity index (χ4n) is 1.41. The maximum atomic E-state index is 12.4. The van der Waals surface area contributed by atoms with Crippen LogP contribution in [0.3, 0.4) is 0 Å². The number of cyclic esters (lactones) is 1. The van der Waals surface area contributed by atoms with E-state index in [9.17, 15) is 18.0 Å². The first-order chi connectivity index (χ1) is 8.38. The van der Waals surface area contributed by atoms with Crippen molar-refractivity contribution in [2.45, 2.75) is 19.2 Å². The molecule has 1 unspecified atom stereocenters. The summed E-state index contributed by atoms with van der Waals surface area (Å²) in [5, 5.41) is 4.71. The number of amides is 1. The van der Waals surface area contributed by atoms with Crippen molar-refractivity contribution < 1.29 is 22.7 Å². The molecule has 0 aromatic heterocycles. The minimum absolute atomic E-state index is 0.219. The highest BCUT2D eigenvalue weighted by Crippen LogP contribution is 2.30. The van der Waals surface area contributed by atoms with E-state index in [4.69, 9.17) is 4.74 Å². The molecule has 2 rings (SSSR count). The van der Waals surface area contributed by atoms with Crippen molar-refractivity contribution in [2.75, 3.05) is 5.01 Å². The van der Waals surface area contributed by atoms with Gasteiger partial charge >= 0.3 is 12.3 Å². The predicted octanol–water partition coefficient (Wildman–Crippen LogP) is 3.04. The number of benzene rings is 1. The first-order valence-corrected chi connectivity index (χ1v) is 5.10. The number of nitrogens with zero attached hydrogens (tertiary/aromatic N) is 2. The van der Waals surface area contributed by atoms with Crippen LogP contribution in [0.2, 0.25) is 0 Å². The third-order valence-electron chi connectivity index (χ3n) is 2.29. The number of hydrogen-bond acceptors (Lipinski definition) is 3. The van der Waals surface area contributed by atoms with E-state index in [2.05, 4.69) is 5.10 Å². The molecule has 0 spiro atoms. The van der Waals surface area contributed by atoms with E-state index in [1.807, 2.05) is 0 Å². The lowest BCUT2D eigenvalue weighted by Gasteiger charge is -2.23. The van der Waals surface area contributed by atoms with E-state index < -0.39 is 23.9 Å². The number of ether oxygens (including phenoxy) is 1. The second-order valence-corrected chi connectivity index (χ2v) is 3.71. The third kappa shape index (κ3) is 2.44. The Kier molecular flexibility index (Phi) is 2.98. The van der Waals surface area contributed by atoms with E-state index in [0.717, 1.165) is 29.3 Å². The van der Waals surface area contributed by atoms with Crippen LogP contribution >= 0.6 is 0 Å². The lowest BCUT2D eigenvalue weighted by atomic mass is 10.2. The highest BCUT2D eigenvalue weighted by atomic mass is 19.4. The number of halogens is 3. The number of carbonyl (C=O) groups is 1. The van der Waals surface area contributed by atoms with Gasteiger partial charge in [0, 0.05) is 0 Å². The zero-order valence-electron chi connectivity index (χ0n) is 9.31. The SMILES string of the molecule is CC1C=NN(c2ccc(C(F)(F)F)cc2)C(=O)O1. The molecule has 0 aliphatic carbocycles. The van der Waals surface area contributed by atoms with Gasteiger partial charge in [0.15, 0.2) is 0 Å². The molecule has 0 radical (unpaired) electrons. The van der Waals surface area contributed by atoms with E-state index in [0.29, 0.717) is 0 Å². The molecule has 0 bridgehead atoms. The van der Waals surface area contributed by atoms with Crippen molar-refractivity contribution in [1.29, 1.82) is 0 Å². The van der Waals surface area contributed by atoms with E-state index in [-0.39, 0.29) is 5.69 Å². The Morgan fingerprint density at radius 3 is 2.39 bits per heavy atom. The number of alkyl halides is 3. The van der Waals surface area contributed by atoms with Crippen molar-refractivity contribution >= 4 is 18.0 Å². The summed E-state index contributed by atoms with van der Waals surface area (Å²) in [7, 11) is 0. The second kappa shape index (κ2) is 4.32. The standard InChI is InChI=1S/C11H9F3N2O2/c1-7-6-15-16(10(17)18-7)9-4-2-8(3-5-9)11(12,13)14/h2-7H,1H3. The van der Waals surface area contributed by atoms with Crippen LogP contribution in [0, 0.1) is 0 Å². The van der Waals surface area contributed by atoms with Gasteiger partial charge in [-0.1, -0.05) is 0 Å². The van der Waals surface area contributed by atoms with Gasteiger partial charge in [-0.2, -0.15) is 23.3 Å². The minimum Gasteiger partial charge on any atom is -0.439 e. The Bertz CT molecular complexity index is 482. The van der Waals surface area contributed by atoms with Crippen LogP contribution in [-0.2, 0) is 10.9 Å². The molecule has 1 aliphatic rings. The highest BCUT2D eigenvalue weighted by Gasteiger charge is 2.31. The van der Waals surface area contributed by atoms with Crippen LogP contribution in [-0.4, -0.2) is 18.4 Å². The van der Waals surface area contributed by atoms with Gasteiger partial charge in [0.05, 0.1) is 17.5 Å². The fourth-order valence-corrected chi connectivity index (χ4v) is 1.41. The molecule has 0 saturated carbocycles. The number of hydrazone groups is 1. The Hall–Kier alpha value is -2.05. The monoisotopic (exact) mass is 258 g/mol. The summed E-state index contributed by atoms with van der Waals surface area (Å²) in [6.45, 7) is 1.63. The smallest absolute Gasteiger partial charge is 0.435 e. The molecule has 1 atom stereocenters. The van der Waals surface area contributed by atoms with Crippen molar-refractivity contribution in [1.82, 2.24) is 0 Å². The largest absolute Gasteiger partial charge is 0.439 e. The molecule has 4 nitrogen and oxygen atoms in total. The molecule has 1 heterocycles. The number of anilines is 1. The van der Waals surface area contributed by atoms with E-state index in [1.165, 1.54) is 6.21 Å². The first kappa shape index (κ1) is 12.4. The Balaban J connectivity index is 2.25. The number of hydrogen-bond donors (Lipinski definition) is 0. The van der Waals surface area contributed by atoms with Crippen LogP contribution in [0.15, 0.2) is 29.4 Å². The maximum Gasteiger partial charge on any atom is 0.435 e. The van der Waals surface area contributed by atoms with Gasteiger partial charge in [-0.15, -0.1) is 0 Å². The molecule has 0 fully saturated rings. The van der Waals surface area contributed by atoms with E-state index >= 15 is 0 Å². The minimum atomic E-state index is -4.40. The third-order valence-corrected chi connectivity index (χ3v) is 2.29. The average Bonchev–Trinajstić information content (AvgIpc) is 2.28. The Morgan fingerprint density at radius 2 is 1.89 bits per heavy atom. The molecule has 7 heteroatoms. The highest BCUT2D eigenvalue weighted by molar-refractivity contribution is 5.91. The molecular weight excluding hydrogens is 249 g/mol. The predicted molar refractivity (Wildman–Crippen MR) is 58.4 cm³/mol. The van der Waals surface area contributed by atoms with Crippen molar-refractivity contribution in [3.63, 3.8) is 0 Å². The lowest BCUT2D eigenvalue weighted by molar-refractivity contribution is -0.137. The summed E-state index contributed by atoms with van der Waals surface area (Å²) < 4.78 is 41.9. The van der Waals surface area contributed by atoms with Crippen LogP contribution in [0.4, 0.5) is 23.7 Å². The van der Waals surface area contributed by atoms with Crippen molar-refractivity contribution in [3.8, 4) is 0 Å². The van der Waals surface area contributed by atoms with Crippen LogP contribution in [0.25, 0.3) is 0 Å². The van der Waals surface area contributed by atoms with Gasteiger partial charge in [0.2, 0.25) is 0 Å². The maximum absolute atomic E-state index is 12.4. The first-order valence-electron chi connectivity index (χ1n) is 5.10. The normalized spacial score (nSPS) is 19.9. The molecule has 1 aliphatic heterocycles.